The number of aryl methyl sites for hydroxylation is 1. The van der Waals surface area contributed by atoms with Gasteiger partial charge in [-0.15, -0.1) is 0 Å². The zero-order valence-electron chi connectivity index (χ0n) is 9.45. The Balaban J connectivity index is 2.47. The predicted octanol–water partition coefficient (Wildman–Crippen LogP) is 2.38. The molecule has 0 aliphatic heterocycles. The van der Waals surface area contributed by atoms with Gasteiger partial charge in [0.2, 0.25) is 0 Å². The molecular weight excluding hydrogens is 241 g/mol. The first-order chi connectivity index (χ1) is 8.11. The maximum absolute atomic E-state index is 13.1. The minimum atomic E-state index is -0.417. The fraction of sp³-hybridized carbons (Fsp3) is 0.250. The van der Waals surface area contributed by atoms with E-state index in [-0.39, 0.29) is 5.02 Å². The third kappa shape index (κ3) is 2.48. The molecular formula is C12H13ClFN3. The molecule has 0 fully saturated rings. The van der Waals surface area contributed by atoms with E-state index >= 15 is 0 Å². The summed E-state index contributed by atoms with van der Waals surface area (Å²) in [6.07, 6.45) is 2.57. The van der Waals surface area contributed by atoms with Gasteiger partial charge in [0.15, 0.2) is 0 Å². The first kappa shape index (κ1) is 12.1. The van der Waals surface area contributed by atoms with Gasteiger partial charge in [-0.05, 0) is 24.2 Å². The highest BCUT2D eigenvalue weighted by molar-refractivity contribution is 6.31. The predicted molar refractivity (Wildman–Crippen MR) is 66.4 cm³/mol. The fourth-order valence-electron chi connectivity index (χ4n) is 1.76. The molecule has 0 atom stereocenters. The molecule has 0 spiro atoms. The van der Waals surface area contributed by atoms with Crippen LogP contribution in [0.1, 0.15) is 5.69 Å². The van der Waals surface area contributed by atoms with Gasteiger partial charge in [-0.1, -0.05) is 17.7 Å². The minimum absolute atomic E-state index is 0.116. The van der Waals surface area contributed by atoms with Crippen molar-refractivity contribution in [2.24, 2.45) is 12.8 Å². The van der Waals surface area contributed by atoms with Crippen LogP contribution in [0.15, 0.2) is 24.4 Å². The molecule has 0 aliphatic carbocycles. The van der Waals surface area contributed by atoms with E-state index in [1.807, 2.05) is 13.2 Å². The third-order valence-electron chi connectivity index (χ3n) is 2.52. The first-order valence-corrected chi connectivity index (χ1v) is 5.67. The molecule has 0 amide bonds. The number of nitrogens with two attached hydrogens (primary N) is 1. The van der Waals surface area contributed by atoms with Gasteiger partial charge >= 0.3 is 0 Å². The van der Waals surface area contributed by atoms with Crippen LogP contribution in [-0.4, -0.2) is 16.3 Å². The Bertz CT molecular complexity index is 537. The molecule has 2 aromatic rings. The average molecular weight is 254 g/mol. The Morgan fingerprint density at radius 1 is 1.47 bits per heavy atom. The van der Waals surface area contributed by atoms with E-state index < -0.39 is 5.82 Å². The summed E-state index contributed by atoms with van der Waals surface area (Å²) in [5.74, 6) is -0.417. The smallest absolute Gasteiger partial charge is 0.141 e. The zero-order valence-corrected chi connectivity index (χ0v) is 10.2. The van der Waals surface area contributed by atoms with E-state index in [1.54, 1.807) is 16.8 Å². The van der Waals surface area contributed by atoms with Crippen molar-refractivity contribution in [3.63, 3.8) is 0 Å². The molecule has 0 bridgehead atoms. The highest BCUT2D eigenvalue weighted by atomic mass is 35.5. The van der Waals surface area contributed by atoms with Crippen LogP contribution in [0.3, 0.4) is 0 Å². The number of halogens is 2. The van der Waals surface area contributed by atoms with Crippen molar-refractivity contribution < 1.29 is 4.39 Å². The number of hydrogen-bond acceptors (Lipinski definition) is 2. The van der Waals surface area contributed by atoms with Gasteiger partial charge < -0.3 is 5.73 Å². The quantitative estimate of drug-likeness (QED) is 0.913. The van der Waals surface area contributed by atoms with Gasteiger partial charge in [0.05, 0.1) is 10.7 Å². The van der Waals surface area contributed by atoms with Crippen molar-refractivity contribution >= 4 is 11.6 Å². The van der Waals surface area contributed by atoms with Gasteiger partial charge in [-0.2, -0.15) is 5.10 Å². The summed E-state index contributed by atoms with van der Waals surface area (Å²) in [6.45, 7) is 0.527. The molecule has 90 valence electrons. The summed E-state index contributed by atoms with van der Waals surface area (Å²) in [5.41, 5.74) is 8.23. The van der Waals surface area contributed by atoms with E-state index in [0.29, 0.717) is 13.0 Å². The molecule has 1 aromatic heterocycles. The first-order valence-electron chi connectivity index (χ1n) is 5.30. The van der Waals surface area contributed by atoms with Crippen molar-refractivity contribution in [3.05, 3.63) is 40.9 Å². The molecule has 2 N–H and O–H groups in total. The van der Waals surface area contributed by atoms with Crippen LogP contribution >= 0.6 is 11.6 Å². The SMILES string of the molecule is Cn1cc(-c2ccc(F)c(Cl)c2)c(CCN)n1. The van der Waals surface area contributed by atoms with Crippen LogP contribution in [0.4, 0.5) is 4.39 Å². The van der Waals surface area contributed by atoms with Gasteiger partial charge in [0, 0.05) is 25.2 Å². The van der Waals surface area contributed by atoms with E-state index in [1.165, 1.54) is 6.07 Å². The molecule has 1 aromatic carbocycles. The average Bonchev–Trinajstić information content (AvgIpc) is 2.64. The molecule has 0 radical (unpaired) electrons. The van der Waals surface area contributed by atoms with Gasteiger partial charge in [-0.25, -0.2) is 4.39 Å². The summed E-state index contributed by atoms with van der Waals surface area (Å²) >= 11 is 5.77. The van der Waals surface area contributed by atoms with Gasteiger partial charge in [-0.3, -0.25) is 4.68 Å². The molecule has 0 saturated heterocycles. The number of rotatable bonds is 3. The topological polar surface area (TPSA) is 43.8 Å². The second-order valence-corrected chi connectivity index (χ2v) is 4.24. The molecule has 0 unspecified atom stereocenters. The summed E-state index contributed by atoms with van der Waals surface area (Å²) in [6, 6.07) is 4.66. The molecule has 0 aliphatic rings. The maximum atomic E-state index is 13.1. The normalized spacial score (nSPS) is 10.8. The van der Waals surface area contributed by atoms with Crippen molar-refractivity contribution in [3.8, 4) is 11.1 Å². The molecule has 17 heavy (non-hydrogen) atoms. The summed E-state index contributed by atoms with van der Waals surface area (Å²) in [4.78, 5) is 0. The molecule has 2 rings (SSSR count). The number of hydrogen-bond donors (Lipinski definition) is 1. The largest absolute Gasteiger partial charge is 0.330 e. The van der Waals surface area contributed by atoms with Crippen LogP contribution in [0.25, 0.3) is 11.1 Å². The lowest BCUT2D eigenvalue weighted by Gasteiger charge is -2.02. The van der Waals surface area contributed by atoms with Gasteiger partial charge in [0.1, 0.15) is 5.82 Å². The van der Waals surface area contributed by atoms with Crippen LogP contribution in [0, 0.1) is 5.82 Å². The second kappa shape index (κ2) is 4.85. The number of aromatic nitrogens is 2. The highest BCUT2D eigenvalue weighted by Crippen LogP contribution is 2.27. The van der Waals surface area contributed by atoms with E-state index in [9.17, 15) is 4.39 Å². The molecule has 5 heteroatoms. The van der Waals surface area contributed by atoms with Crippen LogP contribution < -0.4 is 5.73 Å². The molecule has 3 nitrogen and oxygen atoms in total. The van der Waals surface area contributed by atoms with Crippen LogP contribution in [0.2, 0.25) is 5.02 Å². The third-order valence-corrected chi connectivity index (χ3v) is 2.81. The lowest BCUT2D eigenvalue weighted by Crippen LogP contribution is -2.04. The zero-order chi connectivity index (χ0) is 12.4. The summed E-state index contributed by atoms with van der Waals surface area (Å²) in [7, 11) is 1.84. The summed E-state index contributed by atoms with van der Waals surface area (Å²) in [5, 5.41) is 4.44. The van der Waals surface area contributed by atoms with Crippen molar-refractivity contribution in [2.75, 3.05) is 6.54 Å². The van der Waals surface area contributed by atoms with Gasteiger partial charge in [0.25, 0.3) is 0 Å². The number of nitrogens with zero attached hydrogens (tertiary/aromatic N) is 2. The number of benzene rings is 1. The van der Waals surface area contributed by atoms with Crippen molar-refractivity contribution in [2.45, 2.75) is 6.42 Å². The Labute approximate surface area is 104 Å². The van der Waals surface area contributed by atoms with E-state index in [4.69, 9.17) is 17.3 Å². The van der Waals surface area contributed by atoms with E-state index in [0.717, 1.165) is 16.8 Å². The molecule has 0 saturated carbocycles. The Morgan fingerprint density at radius 3 is 2.88 bits per heavy atom. The summed E-state index contributed by atoms with van der Waals surface area (Å²) < 4.78 is 14.8. The highest BCUT2D eigenvalue weighted by Gasteiger charge is 2.10. The van der Waals surface area contributed by atoms with Crippen LogP contribution in [0.5, 0.6) is 0 Å². The monoisotopic (exact) mass is 253 g/mol. The Kier molecular flexibility index (Phi) is 3.45. The van der Waals surface area contributed by atoms with Crippen molar-refractivity contribution in [1.29, 1.82) is 0 Å². The second-order valence-electron chi connectivity index (χ2n) is 3.83. The lowest BCUT2D eigenvalue weighted by molar-refractivity contribution is 0.628. The lowest BCUT2D eigenvalue weighted by atomic mass is 10.1. The maximum Gasteiger partial charge on any atom is 0.141 e. The Hall–Kier alpha value is -1.39. The van der Waals surface area contributed by atoms with E-state index in [2.05, 4.69) is 5.10 Å². The Morgan fingerprint density at radius 2 is 2.24 bits per heavy atom. The van der Waals surface area contributed by atoms with Crippen molar-refractivity contribution in [1.82, 2.24) is 9.78 Å². The molecule has 1 heterocycles. The standard InChI is InChI=1S/C12H13ClFN3/c1-17-7-9(12(16-17)4-5-15)8-2-3-11(14)10(13)6-8/h2-3,6-7H,4-5,15H2,1H3. The van der Waals surface area contributed by atoms with Crippen LogP contribution in [-0.2, 0) is 13.5 Å². The minimum Gasteiger partial charge on any atom is -0.330 e. The fourth-order valence-corrected chi connectivity index (χ4v) is 1.94.